The van der Waals surface area contributed by atoms with E-state index in [2.05, 4.69) is 5.10 Å². The van der Waals surface area contributed by atoms with Crippen molar-refractivity contribution in [3.05, 3.63) is 55.4 Å². The lowest BCUT2D eigenvalue weighted by Crippen LogP contribution is -2.09. The predicted octanol–water partition coefficient (Wildman–Crippen LogP) is 3.32. The van der Waals surface area contributed by atoms with Crippen LogP contribution in [0.2, 0.25) is 0 Å². The average Bonchev–Trinajstić information content (AvgIpc) is 2.72. The molecule has 0 N–H and O–H groups in total. The van der Waals surface area contributed by atoms with Gasteiger partial charge >= 0.3 is 11.9 Å². The number of halogens is 3. The molecule has 11 heteroatoms. The third-order valence-electron chi connectivity index (χ3n) is 3.16. The van der Waals surface area contributed by atoms with E-state index in [0.29, 0.717) is 12.1 Å². The van der Waals surface area contributed by atoms with Crippen molar-refractivity contribution < 1.29 is 23.0 Å². The second kappa shape index (κ2) is 5.34. The van der Waals surface area contributed by atoms with E-state index in [1.807, 2.05) is 0 Å². The smallest absolute Gasteiger partial charge is 0.258 e. The zero-order chi connectivity index (χ0) is 17.5. The molecule has 0 radical (unpaired) electrons. The van der Waals surface area contributed by atoms with Crippen molar-refractivity contribution in [3.8, 4) is 5.69 Å². The monoisotopic (exact) mass is 330 g/mol. The van der Waals surface area contributed by atoms with E-state index in [0.717, 1.165) is 10.7 Å². The summed E-state index contributed by atoms with van der Waals surface area (Å²) in [4.78, 5) is 20.3. The number of rotatable bonds is 3. The molecular weight excluding hydrogens is 321 g/mol. The fraction of sp³-hybridized carbons (Fsp3) is 0.250. The van der Waals surface area contributed by atoms with Gasteiger partial charge < -0.3 is 0 Å². The summed E-state index contributed by atoms with van der Waals surface area (Å²) in [5.74, 6) is 0. The van der Waals surface area contributed by atoms with Gasteiger partial charge in [-0.25, -0.2) is 4.68 Å². The molecule has 1 aromatic carbocycles. The summed E-state index contributed by atoms with van der Waals surface area (Å²) in [7, 11) is 0. The first kappa shape index (κ1) is 16.4. The highest BCUT2D eigenvalue weighted by Crippen LogP contribution is 2.35. The van der Waals surface area contributed by atoms with Crippen molar-refractivity contribution in [2.24, 2.45) is 0 Å². The summed E-state index contributed by atoms with van der Waals surface area (Å²) in [5.41, 5.74) is -2.68. The third kappa shape index (κ3) is 2.84. The molecule has 122 valence electrons. The predicted molar refractivity (Wildman–Crippen MR) is 71.3 cm³/mol. The van der Waals surface area contributed by atoms with Crippen molar-refractivity contribution in [2.45, 2.75) is 20.0 Å². The summed E-state index contributed by atoms with van der Waals surface area (Å²) in [6, 6.07) is 1.90. The van der Waals surface area contributed by atoms with Gasteiger partial charge in [0.1, 0.15) is 17.1 Å². The molecular formula is C12H9F3N4O4. The van der Waals surface area contributed by atoms with Crippen LogP contribution in [0.25, 0.3) is 5.69 Å². The van der Waals surface area contributed by atoms with Crippen LogP contribution in [-0.4, -0.2) is 19.6 Å². The van der Waals surface area contributed by atoms with Crippen molar-refractivity contribution in [3.63, 3.8) is 0 Å². The lowest BCUT2D eigenvalue weighted by Gasteiger charge is -2.09. The minimum atomic E-state index is -4.75. The van der Waals surface area contributed by atoms with E-state index in [4.69, 9.17) is 0 Å². The maximum absolute atomic E-state index is 12.7. The minimum absolute atomic E-state index is 0.00157. The molecule has 8 nitrogen and oxygen atoms in total. The van der Waals surface area contributed by atoms with E-state index < -0.39 is 27.3 Å². The second-order valence-corrected chi connectivity index (χ2v) is 4.65. The molecule has 0 aliphatic carbocycles. The Bertz CT molecular complexity index is 813. The van der Waals surface area contributed by atoms with Crippen LogP contribution >= 0.6 is 0 Å². The number of hydrogen-bond acceptors (Lipinski definition) is 5. The molecule has 1 aromatic heterocycles. The van der Waals surface area contributed by atoms with Crippen molar-refractivity contribution in [1.82, 2.24) is 9.78 Å². The second-order valence-electron chi connectivity index (χ2n) is 4.65. The van der Waals surface area contributed by atoms with Crippen LogP contribution in [0.1, 0.15) is 17.0 Å². The zero-order valence-corrected chi connectivity index (χ0v) is 11.8. The summed E-state index contributed by atoms with van der Waals surface area (Å²) < 4.78 is 38.9. The molecule has 23 heavy (non-hydrogen) atoms. The van der Waals surface area contributed by atoms with Crippen LogP contribution in [-0.2, 0) is 6.18 Å². The molecule has 1 heterocycles. The van der Waals surface area contributed by atoms with Gasteiger partial charge in [-0.15, -0.1) is 0 Å². The van der Waals surface area contributed by atoms with Gasteiger partial charge in [0, 0.05) is 6.07 Å². The summed E-state index contributed by atoms with van der Waals surface area (Å²) in [6.45, 7) is 2.64. The highest BCUT2D eigenvalue weighted by molar-refractivity contribution is 5.57. The number of nitro benzene ring substituents is 1. The van der Waals surface area contributed by atoms with Gasteiger partial charge in [-0.05, 0) is 26.0 Å². The molecule has 2 rings (SSSR count). The van der Waals surface area contributed by atoms with Gasteiger partial charge in [-0.3, -0.25) is 20.2 Å². The maximum Gasteiger partial charge on any atom is 0.416 e. The van der Waals surface area contributed by atoms with Crippen LogP contribution in [0, 0.1) is 34.1 Å². The number of hydrogen-bond donors (Lipinski definition) is 0. The molecule has 0 amide bonds. The third-order valence-corrected chi connectivity index (χ3v) is 3.16. The van der Waals surface area contributed by atoms with E-state index in [1.165, 1.54) is 13.8 Å². The van der Waals surface area contributed by atoms with Gasteiger partial charge in [0.15, 0.2) is 0 Å². The Hall–Kier alpha value is -2.98. The van der Waals surface area contributed by atoms with E-state index in [1.54, 1.807) is 0 Å². The fourth-order valence-corrected chi connectivity index (χ4v) is 2.16. The van der Waals surface area contributed by atoms with Crippen molar-refractivity contribution in [1.29, 1.82) is 0 Å². The quantitative estimate of drug-likeness (QED) is 0.634. The highest BCUT2D eigenvalue weighted by Gasteiger charge is 2.34. The topological polar surface area (TPSA) is 104 Å². The number of aryl methyl sites for hydroxylation is 1. The number of aromatic nitrogens is 2. The summed E-state index contributed by atoms with van der Waals surface area (Å²) in [5, 5.41) is 25.9. The maximum atomic E-state index is 12.7. The largest absolute Gasteiger partial charge is 0.416 e. The number of alkyl halides is 3. The van der Waals surface area contributed by atoms with Crippen LogP contribution < -0.4 is 0 Å². The van der Waals surface area contributed by atoms with Crippen LogP contribution in [0.3, 0.4) is 0 Å². The summed E-state index contributed by atoms with van der Waals surface area (Å²) in [6.07, 6.45) is -4.75. The van der Waals surface area contributed by atoms with Crippen LogP contribution in [0.15, 0.2) is 18.2 Å². The first-order valence-electron chi connectivity index (χ1n) is 6.10. The molecule has 0 atom stereocenters. The first-order chi connectivity index (χ1) is 10.5. The fourth-order valence-electron chi connectivity index (χ4n) is 2.16. The van der Waals surface area contributed by atoms with E-state index in [-0.39, 0.29) is 22.8 Å². The number of benzene rings is 1. The highest BCUT2D eigenvalue weighted by atomic mass is 19.4. The Kier molecular flexibility index (Phi) is 3.80. The van der Waals surface area contributed by atoms with Crippen molar-refractivity contribution in [2.75, 3.05) is 0 Å². The zero-order valence-electron chi connectivity index (χ0n) is 11.8. The Morgan fingerprint density at radius 1 is 1.13 bits per heavy atom. The lowest BCUT2D eigenvalue weighted by atomic mass is 10.1. The first-order valence-corrected chi connectivity index (χ1v) is 6.10. The Labute approximate surface area is 126 Å². The molecule has 0 fully saturated rings. The van der Waals surface area contributed by atoms with Gasteiger partial charge in [-0.2, -0.15) is 18.3 Å². The van der Waals surface area contributed by atoms with E-state index >= 15 is 0 Å². The SMILES string of the molecule is Cc1nn(-c2ccc(C(F)(F)F)cc2[N+](=O)[O-])c(C)c1[N+](=O)[O-]. The van der Waals surface area contributed by atoms with Crippen LogP contribution in [0.4, 0.5) is 24.5 Å². The molecule has 0 spiro atoms. The molecule has 0 aliphatic rings. The normalized spacial score (nSPS) is 11.5. The molecule has 0 saturated heterocycles. The summed E-state index contributed by atoms with van der Waals surface area (Å²) >= 11 is 0. The van der Waals surface area contributed by atoms with E-state index in [9.17, 15) is 33.4 Å². The van der Waals surface area contributed by atoms with Gasteiger partial charge in [0.2, 0.25) is 0 Å². The molecule has 0 unspecified atom stereocenters. The molecule has 0 saturated carbocycles. The van der Waals surface area contributed by atoms with Gasteiger partial charge in [0.25, 0.3) is 5.69 Å². The lowest BCUT2D eigenvalue weighted by molar-refractivity contribution is -0.386. The van der Waals surface area contributed by atoms with Gasteiger partial charge in [0.05, 0.1) is 15.4 Å². The van der Waals surface area contributed by atoms with Crippen molar-refractivity contribution >= 4 is 11.4 Å². The Morgan fingerprint density at radius 3 is 2.17 bits per heavy atom. The Balaban J connectivity index is 2.72. The number of nitro groups is 2. The number of nitrogens with zero attached hydrogens (tertiary/aromatic N) is 4. The van der Waals surface area contributed by atoms with Crippen LogP contribution in [0.5, 0.6) is 0 Å². The van der Waals surface area contributed by atoms with Gasteiger partial charge in [-0.1, -0.05) is 0 Å². The molecule has 0 bridgehead atoms. The molecule has 2 aromatic rings. The molecule has 0 aliphatic heterocycles. The standard InChI is InChI=1S/C12H9F3N4O4/c1-6-11(19(22)23)7(2)17(16-6)9-4-3-8(12(13,14)15)5-10(9)18(20)21/h3-5H,1-2H3. The average molecular weight is 330 g/mol. The minimum Gasteiger partial charge on any atom is -0.258 e. The Morgan fingerprint density at radius 2 is 1.74 bits per heavy atom.